The van der Waals surface area contributed by atoms with E-state index in [9.17, 15) is 24.3 Å². The van der Waals surface area contributed by atoms with Crippen molar-refractivity contribution in [3.05, 3.63) is 51.9 Å². The number of carbonyl (C=O) groups is 4. The number of anilines is 1. The number of carbonyl (C=O) groups excluding carboxylic acids is 3. The van der Waals surface area contributed by atoms with Gasteiger partial charge >= 0.3 is 11.9 Å². The summed E-state index contributed by atoms with van der Waals surface area (Å²) in [6.45, 7) is 4.73. The smallest absolute Gasteiger partial charge is 0.352 e. The van der Waals surface area contributed by atoms with Crippen LogP contribution in [0.25, 0.3) is 0 Å². The molecule has 4 rings (SSSR count). The van der Waals surface area contributed by atoms with Crippen LogP contribution in [0.2, 0.25) is 4.34 Å². The quantitative estimate of drug-likeness (QED) is 0.123. The van der Waals surface area contributed by atoms with Crippen LogP contribution >= 0.6 is 34.7 Å². The average Bonchev–Trinajstić information content (AvgIpc) is 3.21. The summed E-state index contributed by atoms with van der Waals surface area (Å²) in [6, 6.07) is 4.43. The Balaban J connectivity index is 1.52. The topological polar surface area (TPSA) is 177 Å². The van der Waals surface area contributed by atoms with E-state index >= 15 is 0 Å². The molecule has 2 aromatic heterocycles. The van der Waals surface area contributed by atoms with Crippen LogP contribution in [0.3, 0.4) is 0 Å². The fourth-order valence-corrected chi connectivity index (χ4v) is 6.21. The van der Waals surface area contributed by atoms with Crippen LogP contribution in [-0.2, 0) is 35.3 Å². The second kappa shape index (κ2) is 11.8. The van der Waals surface area contributed by atoms with Gasteiger partial charge in [-0.1, -0.05) is 34.2 Å². The van der Waals surface area contributed by atoms with Gasteiger partial charge in [-0.3, -0.25) is 14.5 Å². The lowest BCUT2D eigenvalue weighted by Crippen LogP contribution is -2.71. The molecule has 0 aromatic carbocycles. The number of carboxylic acid groups (broad SMARTS) is 1. The Kier molecular flexibility index (Phi) is 8.65. The Bertz CT molecular complexity index is 1410. The van der Waals surface area contributed by atoms with Crippen molar-refractivity contribution in [3.8, 4) is 0 Å². The Hall–Kier alpha value is -3.69. The Morgan fingerprint density at radius 3 is 2.60 bits per heavy atom. The second-order valence-corrected chi connectivity index (χ2v) is 12.4. The van der Waals surface area contributed by atoms with Gasteiger partial charge in [0.2, 0.25) is 6.61 Å². The molecule has 1 fully saturated rings. The number of thiazole rings is 1. The molecule has 212 valence electrons. The molecule has 2 amide bonds. The van der Waals surface area contributed by atoms with Crippen LogP contribution in [-0.4, -0.2) is 73.8 Å². The molecule has 4 N–H and O–H groups in total. The van der Waals surface area contributed by atoms with Gasteiger partial charge in [-0.2, -0.15) is 0 Å². The molecule has 0 radical (unpaired) electrons. The van der Waals surface area contributed by atoms with E-state index in [2.05, 4.69) is 15.5 Å². The largest absolute Gasteiger partial charge is 0.477 e. The molecule has 1 saturated heterocycles. The maximum Gasteiger partial charge on any atom is 0.352 e. The van der Waals surface area contributed by atoms with Crippen LogP contribution in [0.4, 0.5) is 5.13 Å². The molecule has 16 heteroatoms. The van der Waals surface area contributed by atoms with Crippen molar-refractivity contribution < 1.29 is 38.4 Å². The molecular weight excluding hydrogens is 584 g/mol. The monoisotopic (exact) mass is 609 g/mol. The maximum absolute atomic E-state index is 13.3. The lowest BCUT2D eigenvalue weighted by Gasteiger charge is -2.49. The lowest BCUT2D eigenvalue weighted by molar-refractivity contribution is -0.689. The molecule has 4 heterocycles. The first-order chi connectivity index (χ1) is 18.9. The molecule has 2 atom stereocenters. The van der Waals surface area contributed by atoms with Crippen molar-refractivity contribution in [1.29, 1.82) is 0 Å². The number of hydrogen-bond acceptors (Lipinski definition) is 11. The SMILES string of the molecule is CC(C)(C)OC(=O)CON=C(C(=O)NC1C(=O)N2C(C(=O)O)=C(C[n+]3ccccc3)CS[C@H]12)c1nc(N)sc1Cl. The molecule has 2 aliphatic heterocycles. The zero-order chi connectivity index (χ0) is 29.2. The number of rotatable bonds is 9. The van der Waals surface area contributed by atoms with Crippen LogP contribution in [0.15, 0.2) is 47.0 Å². The standard InChI is InChI=1S/C24H25ClN6O7S2/c1-24(2,3)38-13(32)10-37-29-15(14-18(25)40-23(26)28-14)19(33)27-16-20(34)31-17(22(35)36)12(11-39-21(16)31)9-30-7-5-4-6-8-30/h4-8,16,21H,9-11H2,1-3H3,(H3-,26,27,28,33,35,36)/p+1/t16?,21-/m1/s1. The number of pyridine rings is 1. The molecule has 1 unspecified atom stereocenters. The normalized spacial score (nSPS) is 19.1. The molecule has 0 spiro atoms. The summed E-state index contributed by atoms with van der Waals surface area (Å²) in [5.74, 6) is -3.10. The number of nitrogens with zero attached hydrogens (tertiary/aromatic N) is 4. The van der Waals surface area contributed by atoms with Crippen LogP contribution < -0.4 is 15.6 Å². The minimum Gasteiger partial charge on any atom is -0.477 e. The van der Waals surface area contributed by atoms with Crippen molar-refractivity contribution >= 4 is 69.3 Å². The Morgan fingerprint density at radius 2 is 2.00 bits per heavy atom. The first-order valence-electron chi connectivity index (χ1n) is 11.8. The van der Waals surface area contributed by atoms with Crippen LogP contribution in [0, 0.1) is 0 Å². The molecular formula is C24H26ClN6O7S2+. The van der Waals surface area contributed by atoms with E-state index in [1.54, 1.807) is 33.2 Å². The fourth-order valence-electron chi connectivity index (χ4n) is 3.95. The summed E-state index contributed by atoms with van der Waals surface area (Å²) in [5.41, 5.74) is 4.90. The Morgan fingerprint density at radius 1 is 1.30 bits per heavy atom. The highest BCUT2D eigenvalue weighted by molar-refractivity contribution is 8.00. The zero-order valence-corrected chi connectivity index (χ0v) is 24.0. The highest BCUT2D eigenvalue weighted by atomic mass is 35.5. The number of nitrogens with two attached hydrogens (primary N) is 1. The third kappa shape index (κ3) is 6.54. The minimum absolute atomic E-state index is 0.0417. The van der Waals surface area contributed by atoms with E-state index < -0.39 is 53.1 Å². The van der Waals surface area contributed by atoms with Gasteiger partial charge in [-0.25, -0.2) is 19.1 Å². The molecule has 0 bridgehead atoms. The highest BCUT2D eigenvalue weighted by Crippen LogP contribution is 2.40. The third-order valence-electron chi connectivity index (χ3n) is 5.49. The number of carboxylic acids is 1. The maximum atomic E-state index is 13.3. The predicted molar refractivity (Wildman–Crippen MR) is 146 cm³/mol. The van der Waals surface area contributed by atoms with Gasteiger partial charge in [-0.05, 0) is 20.8 Å². The summed E-state index contributed by atoms with van der Waals surface area (Å²) in [4.78, 5) is 60.8. The number of esters is 1. The number of fused-ring (bicyclic) bond motifs is 1. The molecule has 0 saturated carbocycles. The van der Waals surface area contributed by atoms with Crippen molar-refractivity contribution in [1.82, 2.24) is 15.2 Å². The number of ether oxygens (including phenoxy) is 1. The van der Waals surface area contributed by atoms with Gasteiger partial charge < -0.3 is 25.7 Å². The van der Waals surface area contributed by atoms with Crippen molar-refractivity contribution in [3.63, 3.8) is 0 Å². The minimum atomic E-state index is -1.24. The van der Waals surface area contributed by atoms with E-state index in [1.807, 2.05) is 22.8 Å². The molecule has 40 heavy (non-hydrogen) atoms. The van der Waals surface area contributed by atoms with Gasteiger partial charge in [0.1, 0.15) is 32.7 Å². The lowest BCUT2D eigenvalue weighted by atomic mass is 10.0. The third-order valence-corrected chi connectivity index (χ3v) is 7.91. The van der Waals surface area contributed by atoms with E-state index in [0.717, 1.165) is 11.3 Å². The zero-order valence-electron chi connectivity index (χ0n) is 21.6. The van der Waals surface area contributed by atoms with Crippen molar-refractivity contribution in [2.45, 2.75) is 44.3 Å². The number of β-lactam (4-membered cyclic amide) rings is 1. The van der Waals surface area contributed by atoms with E-state index in [-0.39, 0.29) is 20.9 Å². The summed E-state index contributed by atoms with van der Waals surface area (Å²) >= 11 is 8.40. The number of aliphatic carboxylic acids is 1. The van der Waals surface area contributed by atoms with Crippen molar-refractivity contribution in [2.24, 2.45) is 5.16 Å². The fraction of sp³-hybridized carbons (Fsp3) is 0.375. The molecule has 2 aliphatic rings. The first kappa shape index (κ1) is 29.3. The molecule has 0 aliphatic carbocycles. The molecule has 2 aromatic rings. The summed E-state index contributed by atoms with van der Waals surface area (Å²) in [7, 11) is 0. The number of halogens is 1. The summed E-state index contributed by atoms with van der Waals surface area (Å²) in [5, 5.41) is 15.6. The number of oxime groups is 1. The van der Waals surface area contributed by atoms with Crippen molar-refractivity contribution in [2.75, 3.05) is 18.1 Å². The first-order valence-corrected chi connectivity index (χ1v) is 14.1. The Labute approximate surface area is 242 Å². The summed E-state index contributed by atoms with van der Waals surface area (Å²) in [6.07, 6.45) is 3.60. The van der Waals surface area contributed by atoms with Gasteiger partial charge in [-0.15, -0.1) is 11.8 Å². The van der Waals surface area contributed by atoms with Crippen LogP contribution in [0.1, 0.15) is 26.5 Å². The summed E-state index contributed by atoms with van der Waals surface area (Å²) < 4.78 is 7.01. The van der Waals surface area contributed by atoms with Gasteiger partial charge in [0.25, 0.3) is 11.8 Å². The van der Waals surface area contributed by atoms with Gasteiger partial charge in [0, 0.05) is 23.5 Å². The second-order valence-electron chi connectivity index (χ2n) is 9.64. The van der Waals surface area contributed by atoms with Crippen LogP contribution in [0.5, 0.6) is 0 Å². The van der Waals surface area contributed by atoms with E-state index in [1.165, 1.54) is 16.7 Å². The van der Waals surface area contributed by atoms with E-state index in [4.69, 9.17) is 26.9 Å². The average molecular weight is 610 g/mol. The number of hydrogen-bond donors (Lipinski definition) is 3. The predicted octanol–water partition coefficient (Wildman–Crippen LogP) is 1.17. The number of thioether (sulfide) groups is 1. The number of aromatic nitrogens is 2. The molecule has 13 nitrogen and oxygen atoms in total. The van der Waals surface area contributed by atoms with Gasteiger partial charge in [0.05, 0.1) is 0 Å². The highest BCUT2D eigenvalue weighted by Gasteiger charge is 2.55. The van der Waals surface area contributed by atoms with E-state index in [0.29, 0.717) is 17.9 Å². The number of amides is 2. The van der Waals surface area contributed by atoms with Gasteiger partial charge in [0.15, 0.2) is 29.8 Å². The number of nitrogen functional groups attached to an aromatic ring is 1. The number of nitrogens with one attached hydrogen (secondary N) is 1.